The molecule has 0 fully saturated rings. The molecule has 0 amide bonds. The van der Waals surface area contributed by atoms with E-state index in [9.17, 15) is 10.1 Å². The smallest absolute Gasteiger partial charge is 0.284 e. The van der Waals surface area contributed by atoms with Crippen molar-refractivity contribution in [3.63, 3.8) is 0 Å². The number of anilines is 1. The van der Waals surface area contributed by atoms with Gasteiger partial charge in [-0.05, 0) is 30.1 Å². The van der Waals surface area contributed by atoms with Crippen LogP contribution in [0.2, 0.25) is 0 Å². The van der Waals surface area contributed by atoms with Crippen LogP contribution in [-0.4, -0.2) is 12.0 Å². The van der Waals surface area contributed by atoms with E-state index in [1.807, 2.05) is 41.7 Å². The highest BCUT2D eigenvalue weighted by molar-refractivity contribution is 8.00. The summed E-state index contributed by atoms with van der Waals surface area (Å²) >= 11 is 1.34. The average Bonchev–Trinajstić information content (AvgIpc) is 2.40. The molecule has 0 aliphatic rings. The molecule has 0 atom stereocenters. The second-order valence-electron chi connectivity index (χ2n) is 3.65. The molecule has 0 bridgehead atoms. The van der Waals surface area contributed by atoms with E-state index in [4.69, 9.17) is 0 Å². The number of nitro groups is 1. The van der Waals surface area contributed by atoms with Gasteiger partial charge in [0.05, 0.1) is 4.92 Å². The molecule has 0 spiro atoms. The van der Waals surface area contributed by atoms with Crippen molar-refractivity contribution in [1.29, 1.82) is 0 Å². The number of rotatable bonds is 4. The molecule has 0 heterocycles. The molecule has 0 unspecified atom stereocenters. The van der Waals surface area contributed by atoms with Crippen LogP contribution in [-0.2, 0) is 0 Å². The van der Waals surface area contributed by atoms with Crippen LogP contribution >= 0.6 is 11.9 Å². The quantitative estimate of drug-likeness (QED) is 0.477. The lowest BCUT2D eigenvalue weighted by atomic mass is 10.3. The van der Waals surface area contributed by atoms with Gasteiger partial charge >= 0.3 is 0 Å². The Kier molecular flexibility index (Phi) is 3.84. The van der Waals surface area contributed by atoms with Crippen LogP contribution < -0.4 is 4.31 Å². The minimum atomic E-state index is -0.360. The maximum atomic E-state index is 10.9. The fourth-order valence-electron chi connectivity index (χ4n) is 1.52. The molecule has 0 aliphatic heterocycles. The van der Waals surface area contributed by atoms with Crippen LogP contribution in [0.1, 0.15) is 0 Å². The molecule has 2 aromatic rings. The highest BCUT2D eigenvalue weighted by Crippen LogP contribution is 2.33. The molecule has 0 N–H and O–H groups in total. The van der Waals surface area contributed by atoms with Gasteiger partial charge in [-0.25, -0.2) is 0 Å². The first-order valence-corrected chi connectivity index (χ1v) is 6.16. The van der Waals surface area contributed by atoms with Gasteiger partial charge in [-0.3, -0.25) is 10.1 Å². The molecular formula is C13H12N2O2S. The molecule has 0 saturated heterocycles. The Morgan fingerprint density at radius 2 is 1.67 bits per heavy atom. The van der Waals surface area contributed by atoms with Gasteiger partial charge < -0.3 is 4.31 Å². The lowest BCUT2D eigenvalue weighted by Crippen LogP contribution is -2.06. The third-order valence-electron chi connectivity index (χ3n) is 2.42. The standard InChI is InChI=1S/C13H12N2O2S/c1-14(11-7-3-2-4-8-11)18-13-10-6-5-9-12(13)15(16)17/h2-10H,1H3. The Hall–Kier alpha value is -2.01. The summed E-state index contributed by atoms with van der Waals surface area (Å²) in [6.45, 7) is 0. The van der Waals surface area contributed by atoms with Gasteiger partial charge in [0.25, 0.3) is 5.69 Å². The van der Waals surface area contributed by atoms with Crippen LogP contribution in [0.15, 0.2) is 59.5 Å². The second-order valence-corrected chi connectivity index (χ2v) is 4.82. The number of para-hydroxylation sites is 2. The van der Waals surface area contributed by atoms with Crippen molar-refractivity contribution >= 4 is 23.3 Å². The van der Waals surface area contributed by atoms with E-state index < -0.39 is 0 Å². The minimum Gasteiger partial charge on any atom is -0.315 e. The number of nitrogens with zero attached hydrogens (tertiary/aromatic N) is 2. The molecule has 0 aliphatic carbocycles. The maximum absolute atomic E-state index is 10.9. The van der Waals surface area contributed by atoms with E-state index in [-0.39, 0.29) is 10.6 Å². The molecule has 2 rings (SSSR count). The Balaban J connectivity index is 2.22. The van der Waals surface area contributed by atoms with Crippen LogP contribution in [0.5, 0.6) is 0 Å². The summed E-state index contributed by atoms with van der Waals surface area (Å²) in [6.07, 6.45) is 0. The van der Waals surface area contributed by atoms with E-state index >= 15 is 0 Å². The van der Waals surface area contributed by atoms with Crippen molar-refractivity contribution in [2.45, 2.75) is 4.90 Å². The summed E-state index contributed by atoms with van der Waals surface area (Å²) < 4.78 is 1.91. The van der Waals surface area contributed by atoms with E-state index in [1.54, 1.807) is 18.2 Å². The summed E-state index contributed by atoms with van der Waals surface area (Å²) in [7, 11) is 1.89. The summed E-state index contributed by atoms with van der Waals surface area (Å²) in [5.74, 6) is 0. The summed E-state index contributed by atoms with van der Waals surface area (Å²) in [5.41, 5.74) is 1.13. The fourth-order valence-corrected chi connectivity index (χ4v) is 2.42. The lowest BCUT2D eigenvalue weighted by molar-refractivity contribution is -0.387. The Morgan fingerprint density at radius 3 is 2.33 bits per heavy atom. The first-order valence-electron chi connectivity index (χ1n) is 5.38. The zero-order chi connectivity index (χ0) is 13.0. The highest BCUT2D eigenvalue weighted by atomic mass is 32.2. The van der Waals surface area contributed by atoms with Crippen molar-refractivity contribution in [3.8, 4) is 0 Å². The van der Waals surface area contributed by atoms with Gasteiger partial charge in [-0.1, -0.05) is 30.3 Å². The number of hydrogen-bond donors (Lipinski definition) is 0. The Morgan fingerprint density at radius 1 is 1.06 bits per heavy atom. The molecule has 5 heteroatoms. The first-order chi connectivity index (χ1) is 8.68. The topological polar surface area (TPSA) is 46.4 Å². The number of benzene rings is 2. The van der Waals surface area contributed by atoms with Gasteiger partial charge in [-0.15, -0.1) is 0 Å². The summed E-state index contributed by atoms with van der Waals surface area (Å²) in [4.78, 5) is 11.2. The normalized spacial score (nSPS) is 10.1. The van der Waals surface area contributed by atoms with E-state index in [0.29, 0.717) is 4.90 Å². The first kappa shape index (κ1) is 12.4. The maximum Gasteiger partial charge on any atom is 0.284 e. The molecular weight excluding hydrogens is 248 g/mol. The van der Waals surface area contributed by atoms with Crippen LogP contribution in [0.25, 0.3) is 0 Å². The van der Waals surface area contributed by atoms with Crippen molar-refractivity contribution < 1.29 is 4.92 Å². The molecule has 2 aromatic carbocycles. The average molecular weight is 260 g/mol. The van der Waals surface area contributed by atoms with Gasteiger partial charge in [0.2, 0.25) is 0 Å². The van der Waals surface area contributed by atoms with Crippen molar-refractivity contribution in [2.24, 2.45) is 0 Å². The van der Waals surface area contributed by atoms with Crippen LogP contribution in [0, 0.1) is 10.1 Å². The SMILES string of the molecule is CN(Sc1ccccc1[N+](=O)[O-])c1ccccc1. The zero-order valence-electron chi connectivity index (χ0n) is 9.82. The summed E-state index contributed by atoms with van der Waals surface area (Å²) in [5, 5.41) is 10.9. The second kappa shape index (κ2) is 5.55. The third kappa shape index (κ3) is 2.81. The predicted molar refractivity (Wildman–Crippen MR) is 73.8 cm³/mol. The van der Waals surface area contributed by atoms with Crippen molar-refractivity contribution in [3.05, 3.63) is 64.7 Å². The van der Waals surface area contributed by atoms with Crippen molar-refractivity contribution in [1.82, 2.24) is 0 Å². The van der Waals surface area contributed by atoms with Gasteiger partial charge in [0.15, 0.2) is 0 Å². The molecule has 0 saturated carbocycles. The molecule has 0 aromatic heterocycles. The van der Waals surface area contributed by atoms with Gasteiger partial charge in [0, 0.05) is 18.8 Å². The van der Waals surface area contributed by atoms with E-state index in [0.717, 1.165) is 5.69 Å². The predicted octanol–water partition coefficient (Wildman–Crippen LogP) is 3.74. The number of nitro benzene ring substituents is 1. The lowest BCUT2D eigenvalue weighted by Gasteiger charge is -2.17. The summed E-state index contributed by atoms with van der Waals surface area (Å²) in [6, 6.07) is 16.5. The Bertz CT molecular complexity index is 546. The highest BCUT2D eigenvalue weighted by Gasteiger charge is 2.15. The largest absolute Gasteiger partial charge is 0.315 e. The Labute approximate surface area is 110 Å². The third-order valence-corrected chi connectivity index (χ3v) is 3.44. The zero-order valence-corrected chi connectivity index (χ0v) is 10.6. The van der Waals surface area contributed by atoms with Crippen molar-refractivity contribution in [2.75, 3.05) is 11.4 Å². The fraction of sp³-hybridized carbons (Fsp3) is 0.0769. The molecule has 92 valence electrons. The number of hydrogen-bond acceptors (Lipinski definition) is 4. The van der Waals surface area contributed by atoms with Crippen LogP contribution in [0.3, 0.4) is 0 Å². The monoisotopic (exact) mass is 260 g/mol. The molecule has 0 radical (unpaired) electrons. The van der Waals surface area contributed by atoms with Gasteiger partial charge in [0.1, 0.15) is 4.90 Å². The van der Waals surface area contributed by atoms with Gasteiger partial charge in [-0.2, -0.15) is 0 Å². The molecule has 18 heavy (non-hydrogen) atoms. The van der Waals surface area contributed by atoms with Crippen LogP contribution in [0.4, 0.5) is 11.4 Å². The van der Waals surface area contributed by atoms with E-state index in [1.165, 1.54) is 18.0 Å². The molecule has 4 nitrogen and oxygen atoms in total. The van der Waals surface area contributed by atoms with E-state index in [2.05, 4.69) is 0 Å². The minimum absolute atomic E-state index is 0.130.